The molecule has 120 valence electrons. The summed E-state index contributed by atoms with van der Waals surface area (Å²) in [5.74, 6) is 0.473. The molecule has 0 spiro atoms. The van der Waals surface area contributed by atoms with Crippen LogP contribution in [0.3, 0.4) is 0 Å². The molecule has 0 bridgehead atoms. The Balaban J connectivity index is 1.95. The van der Waals surface area contributed by atoms with E-state index in [1.165, 1.54) is 6.07 Å². The van der Waals surface area contributed by atoms with Crippen molar-refractivity contribution in [1.29, 1.82) is 0 Å². The van der Waals surface area contributed by atoms with Gasteiger partial charge in [-0.1, -0.05) is 12.1 Å². The van der Waals surface area contributed by atoms with Gasteiger partial charge in [0, 0.05) is 43.5 Å². The van der Waals surface area contributed by atoms with Gasteiger partial charge in [-0.25, -0.2) is 14.6 Å². The van der Waals surface area contributed by atoms with Crippen molar-refractivity contribution in [2.75, 3.05) is 6.54 Å². The van der Waals surface area contributed by atoms with E-state index in [9.17, 15) is 10.1 Å². The van der Waals surface area contributed by atoms with E-state index in [2.05, 4.69) is 20.4 Å². The van der Waals surface area contributed by atoms with E-state index in [0.717, 1.165) is 24.2 Å². The first kappa shape index (κ1) is 14.5. The fourth-order valence-electron chi connectivity index (χ4n) is 2.96. The van der Waals surface area contributed by atoms with Gasteiger partial charge in [0.2, 0.25) is 0 Å². The van der Waals surface area contributed by atoms with E-state index in [4.69, 9.17) is 0 Å². The van der Waals surface area contributed by atoms with Crippen LogP contribution in [-0.4, -0.2) is 31.2 Å². The summed E-state index contributed by atoms with van der Waals surface area (Å²) < 4.78 is 1.70. The molecule has 0 unspecified atom stereocenters. The minimum atomic E-state index is -0.379. The van der Waals surface area contributed by atoms with E-state index in [-0.39, 0.29) is 10.6 Å². The van der Waals surface area contributed by atoms with Crippen molar-refractivity contribution < 1.29 is 4.92 Å². The number of nitro groups is 1. The van der Waals surface area contributed by atoms with Gasteiger partial charge in [-0.3, -0.25) is 10.1 Å². The van der Waals surface area contributed by atoms with Crippen LogP contribution in [0.25, 0.3) is 17.2 Å². The molecule has 8 nitrogen and oxygen atoms in total. The third-order valence-corrected chi connectivity index (χ3v) is 4.03. The molecule has 0 atom stereocenters. The number of hydrogen-bond donors (Lipinski definition) is 1. The molecule has 24 heavy (non-hydrogen) atoms. The third kappa shape index (κ3) is 2.33. The second-order valence-electron chi connectivity index (χ2n) is 5.44. The largest absolute Gasteiger partial charge is 0.312 e. The van der Waals surface area contributed by atoms with Crippen molar-refractivity contribution in [3.8, 4) is 17.2 Å². The molecule has 0 aliphatic carbocycles. The highest BCUT2D eigenvalue weighted by Crippen LogP contribution is 2.34. The zero-order valence-electron chi connectivity index (χ0n) is 12.7. The average Bonchev–Trinajstić information content (AvgIpc) is 3.02. The first-order chi connectivity index (χ1) is 11.8. The van der Waals surface area contributed by atoms with Crippen molar-refractivity contribution in [2.45, 2.75) is 13.0 Å². The lowest BCUT2D eigenvalue weighted by molar-refractivity contribution is -0.384. The molecule has 0 saturated heterocycles. The summed E-state index contributed by atoms with van der Waals surface area (Å²) in [7, 11) is 0. The molecule has 0 amide bonds. The van der Waals surface area contributed by atoms with E-state index < -0.39 is 0 Å². The van der Waals surface area contributed by atoms with Crippen molar-refractivity contribution in [1.82, 2.24) is 25.1 Å². The van der Waals surface area contributed by atoms with E-state index in [1.54, 1.807) is 41.3 Å². The lowest BCUT2D eigenvalue weighted by Gasteiger charge is -2.14. The normalized spacial score (nSPS) is 13.5. The van der Waals surface area contributed by atoms with Crippen molar-refractivity contribution in [3.63, 3.8) is 0 Å². The fourth-order valence-corrected chi connectivity index (χ4v) is 2.96. The highest BCUT2D eigenvalue weighted by Gasteiger charge is 2.27. The Morgan fingerprint density at radius 1 is 1.17 bits per heavy atom. The molecular formula is C16H14N6O2. The molecular weight excluding hydrogens is 308 g/mol. The quantitative estimate of drug-likeness (QED) is 0.584. The molecule has 0 saturated carbocycles. The standard InChI is InChI=1S/C16H14N6O2/c23-22(24)14-5-2-1-4-11(14)15-12-10-17-9-6-13(12)21(20-15)16-18-7-3-8-19-16/h1-5,7-8,17H,6,9-10H2. The molecule has 2 aromatic heterocycles. The third-order valence-electron chi connectivity index (χ3n) is 4.03. The summed E-state index contributed by atoms with van der Waals surface area (Å²) in [6, 6.07) is 8.40. The number of benzene rings is 1. The van der Waals surface area contributed by atoms with Crippen molar-refractivity contribution in [3.05, 3.63) is 64.1 Å². The number of aromatic nitrogens is 4. The Morgan fingerprint density at radius 2 is 1.96 bits per heavy atom. The second-order valence-corrected chi connectivity index (χ2v) is 5.44. The molecule has 4 rings (SSSR count). The van der Waals surface area contributed by atoms with Gasteiger partial charge in [-0.15, -0.1) is 0 Å². The van der Waals surface area contributed by atoms with Crippen LogP contribution in [0, 0.1) is 10.1 Å². The minimum absolute atomic E-state index is 0.0458. The minimum Gasteiger partial charge on any atom is -0.312 e. The Kier molecular flexibility index (Phi) is 3.51. The Labute approximate surface area is 137 Å². The lowest BCUT2D eigenvalue weighted by atomic mass is 10.0. The monoisotopic (exact) mass is 322 g/mol. The van der Waals surface area contributed by atoms with Gasteiger partial charge in [0.25, 0.3) is 11.6 Å². The van der Waals surface area contributed by atoms with Gasteiger partial charge in [-0.05, 0) is 12.1 Å². The van der Waals surface area contributed by atoms with E-state index in [1.807, 2.05) is 0 Å². The van der Waals surface area contributed by atoms with Gasteiger partial charge >= 0.3 is 0 Å². The van der Waals surface area contributed by atoms with Crippen LogP contribution in [0.2, 0.25) is 0 Å². The number of hydrogen-bond acceptors (Lipinski definition) is 6. The van der Waals surface area contributed by atoms with Crippen LogP contribution < -0.4 is 5.32 Å². The topological polar surface area (TPSA) is 98.8 Å². The maximum absolute atomic E-state index is 11.4. The van der Waals surface area contributed by atoms with Crippen LogP contribution in [0.15, 0.2) is 42.7 Å². The molecule has 1 aliphatic rings. The van der Waals surface area contributed by atoms with Crippen LogP contribution in [0.1, 0.15) is 11.3 Å². The first-order valence-corrected chi connectivity index (χ1v) is 7.58. The fraction of sp³-hybridized carbons (Fsp3) is 0.188. The van der Waals surface area contributed by atoms with Gasteiger partial charge in [0.1, 0.15) is 5.69 Å². The second kappa shape index (κ2) is 5.82. The number of para-hydroxylation sites is 1. The zero-order valence-corrected chi connectivity index (χ0v) is 12.7. The number of fused-ring (bicyclic) bond motifs is 1. The highest BCUT2D eigenvalue weighted by molar-refractivity contribution is 5.74. The molecule has 0 radical (unpaired) electrons. The molecule has 0 fully saturated rings. The summed E-state index contributed by atoms with van der Waals surface area (Å²) in [5.41, 5.74) is 3.12. The predicted molar refractivity (Wildman–Crippen MR) is 86.7 cm³/mol. The Bertz CT molecular complexity index is 906. The number of nitro benzene ring substituents is 1. The zero-order chi connectivity index (χ0) is 16.5. The molecule has 8 heteroatoms. The van der Waals surface area contributed by atoms with Crippen LogP contribution in [0.4, 0.5) is 5.69 Å². The predicted octanol–water partition coefficient (Wildman–Crippen LogP) is 1.88. The lowest BCUT2D eigenvalue weighted by Crippen LogP contribution is -2.25. The van der Waals surface area contributed by atoms with Crippen LogP contribution >= 0.6 is 0 Å². The number of nitrogens with zero attached hydrogens (tertiary/aromatic N) is 5. The van der Waals surface area contributed by atoms with Crippen LogP contribution in [0.5, 0.6) is 0 Å². The molecule has 3 heterocycles. The molecule has 1 aromatic carbocycles. The van der Waals surface area contributed by atoms with Crippen LogP contribution in [-0.2, 0) is 13.0 Å². The maximum atomic E-state index is 11.4. The number of nitrogens with one attached hydrogen (secondary N) is 1. The summed E-state index contributed by atoms with van der Waals surface area (Å²) in [5, 5.41) is 19.3. The summed E-state index contributed by atoms with van der Waals surface area (Å²) in [6.07, 6.45) is 4.07. The summed E-state index contributed by atoms with van der Waals surface area (Å²) >= 11 is 0. The van der Waals surface area contributed by atoms with Crippen molar-refractivity contribution in [2.24, 2.45) is 0 Å². The van der Waals surface area contributed by atoms with Gasteiger partial charge in [0.05, 0.1) is 16.2 Å². The Hall–Kier alpha value is -3.13. The van der Waals surface area contributed by atoms with E-state index >= 15 is 0 Å². The maximum Gasteiger partial charge on any atom is 0.278 e. The molecule has 1 N–H and O–H groups in total. The number of rotatable bonds is 3. The average molecular weight is 322 g/mol. The smallest absolute Gasteiger partial charge is 0.278 e. The molecule has 3 aromatic rings. The van der Waals surface area contributed by atoms with Gasteiger partial charge < -0.3 is 5.32 Å². The van der Waals surface area contributed by atoms with Gasteiger partial charge in [0.15, 0.2) is 0 Å². The Morgan fingerprint density at radius 3 is 2.75 bits per heavy atom. The van der Waals surface area contributed by atoms with Crippen molar-refractivity contribution >= 4 is 5.69 Å². The van der Waals surface area contributed by atoms with Gasteiger partial charge in [-0.2, -0.15) is 5.10 Å². The highest BCUT2D eigenvalue weighted by atomic mass is 16.6. The first-order valence-electron chi connectivity index (χ1n) is 7.58. The molecule has 1 aliphatic heterocycles. The summed E-state index contributed by atoms with van der Waals surface area (Å²) in [6.45, 7) is 1.44. The SMILES string of the molecule is O=[N+]([O-])c1ccccc1-c1nn(-c2ncccn2)c2c1CNCC2. The summed E-state index contributed by atoms with van der Waals surface area (Å²) in [4.78, 5) is 19.5. The van der Waals surface area contributed by atoms with E-state index in [0.29, 0.717) is 23.8 Å².